The number of amides is 1. The zero-order valence-corrected chi connectivity index (χ0v) is 12.4. The normalized spacial score (nSPS) is 22.0. The second-order valence-electron chi connectivity index (χ2n) is 5.60. The lowest BCUT2D eigenvalue weighted by molar-refractivity contribution is -0.117. The Morgan fingerprint density at radius 1 is 1.38 bits per heavy atom. The number of anilines is 1. The first kappa shape index (κ1) is 14.4. The highest BCUT2D eigenvalue weighted by atomic mass is 16.5. The Hall–Kier alpha value is -1.59. The topological polar surface area (TPSA) is 59.6 Å². The second kappa shape index (κ2) is 6.45. The first-order chi connectivity index (χ1) is 10.3. The van der Waals surface area contributed by atoms with E-state index in [0.717, 1.165) is 49.6 Å². The third kappa shape index (κ3) is 3.19. The smallest absolute Gasteiger partial charge is 0.246 e. The number of nitrogens with one attached hydrogen (secondary N) is 2. The van der Waals surface area contributed by atoms with Crippen molar-refractivity contribution in [3.8, 4) is 5.75 Å². The minimum atomic E-state index is -0.241. The average Bonchev–Trinajstić information content (AvgIpc) is 2.82. The van der Waals surface area contributed by atoms with Crippen LogP contribution in [0.2, 0.25) is 0 Å². The molecule has 2 aliphatic heterocycles. The van der Waals surface area contributed by atoms with Gasteiger partial charge in [-0.1, -0.05) is 13.0 Å². The molecule has 0 spiro atoms. The van der Waals surface area contributed by atoms with Gasteiger partial charge in [-0.2, -0.15) is 0 Å². The highest BCUT2D eigenvalue weighted by Crippen LogP contribution is 2.34. The molecular weight excluding hydrogens is 268 g/mol. The van der Waals surface area contributed by atoms with Crippen molar-refractivity contribution in [2.75, 3.05) is 31.7 Å². The molecule has 0 aliphatic carbocycles. The molecule has 2 N–H and O–H groups in total. The molecule has 1 saturated heterocycles. The summed E-state index contributed by atoms with van der Waals surface area (Å²) >= 11 is 0. The van der Waals surface area contributed by atoms with E-state index in [2.05, 4.69) is 10.6 Å². The predicted molar refractivity (Wildman–Crippen MR) is 80.5 cm³/mol. The van der Waals surface area contributed by atoms with Gasteiger partial charge in [0.2, 0.25) is 5.91 Å². The summed E-state index contributed by atoms with van der Waals surface area (Å²) in [6.07, 6.45) is 2.12. The van der Waals surface area contributed by atoms with E-state index >= 15 is 0 Å². The molecule has 5 nitrogen and oxygen atoms in total. The van der Waals surface area contributed by atoms with Crippen molar-refractivity contribution < 1.29 is 14.3 Å². The molecule has 1 atom stereocenters. The van der Waals surface area contributed by atoms with Gasteiger partial charge in [-0.25, -0.2) is 0 Å². The Balaban J connectivity index is 1.64. The number of likely N-dealkylation sites (N-methyl/N-ethyl adjacent to an activating group) is 1. The van der Waals surface area contributed by atoms with E-state index in [1.165, 1.54) is 0 Å². The SMILES string of the molecule is CCNC1C(=O)Nc2cc(OCC3CCOCC3)ccc21. The van der Waals surface area contributed by atoms with Gasteiger partial charge in [-0.05, 0) is 31.4 Å². The van der Waals surface area contributed by atoms with Gasteiger partial charge in [0.1, 0.15) is 11.8 Å². The minimum Gasteiger partial charge on any atom is -0.493 e. The molecule has 2 heterocycles. The fourth-order valence-electron chi connectivity index (χ4n) is 2.87. The van der Waals surface area contributed by atoms with Crippen LogP contribution < -0.4 is 15.4 Å². The van der Waals surface area contributed by atoms with Gasteiger partial charge in [-0.3, -0.25) is 4.79 Å². The van der Waals surface area contributed by atoms with Gasteiger partial charge in [-0.15, -0.1) is 0 Å². The van der Waals surface area contributed by atoms with Crippen molar-refractivity contribution in [2.45, 2.75) is 25.8 Å². The van der Waals surface area contributed by atoms with E-state index in [4.69, 9.17) is 9.47 Å². The van der Waals surface area contributed by atoms with Gasteiger partial charge in [0.25, 0.3) is 0 Å². The second-order valence-corrected chi connectivity index (χ2v) is 5.60. The van der Waals surface area contributed by atoms with Gasteiger partial charge in [0.15, 0.2) is 0 Å². The summed E-state index contributed by atoms with van der Waals surface area (Å²) in [5.41, 5.74) is 1.86. The number of hydrogen-bond acceptors (Lipinski definition) is 4. The maximum atomic E-state index is 11.9. The van der Waals surface area contributed by atoms with E-state index < -0.39 is 0 Å². The molecule has 2 aliphatic rings. The molecule has 1 aromatic rings. The Morgan fingerprint density at radius 2 is 2.19 bits per heavy atom. The van der Waals surface area contributed by atoms with Crippen molar-refractivity contribution in [2.24, 2.45) is 5.92 Å². The molecule has 0 radical (unpaired) electrons. The third-order valence-electron chi connectivity index (χ3n) is 4.09. The predicted octanol–water partition coefficient (Wildman–Crippen LogP) is 2.09. The van der Waals surface area contributed by atoms with Gasteiger partial charge < -0.3 is 20.1 Å². The number of carbonyl (C=O) groups is 1. The number of fused-ring (bicyclic) bond motifs is 1. The highest BCUT2D eigenvalue weighted by Gasteiger charge is 2.29. The van der Waals surface area contributed by atoms with E-state index in [0.29, 0.717) is 12.5 Å². The number of benzene rings is 1. The van der Waals surface area contributed by atoms with Crippen molar-refractivity contribution in [1.29, 1.82) is 0 Å². The minimum absolute atomic E-state index is 0.00780. The quantitative estimate of drug-likeness (QED) is 0.872. The molecule has 1 fully saturated rings. The van der Waals surface area contributed by atoms with Crippen molar-refractivity contribution >= 4 is 11.6 Å². The molecule has 1 unspecified atom stereocenters. The highest BCUT2D eigenvalue weighted by molar-refractivity contribution is 6.02. The van der Waals surface area contributed by atoms with Crippen LogP contribution in [0.4, 0.5) is 5.69 Å². The van der Waals surface area contributed by atoms with Gasteiger partial charge >= 0.3 is 0 Å². The lowest BCUT2D eigenvalue weighted by atomic mass is 10.0. The van der Waals surface area contributed by atoms with E-state index in [1.807, 2.05) is 25.1 Å². The summed E-state index contributed by atoms with van der Waals surface area (Å²) in [6, 6.07) is 5.60. The molecule has 1 amide bonds. The molecule has 21 heavy (non-hydrogen) atoms. The zero-order chi connectivity index (χ0) is 14.7. The van der Waals surface area contributed by atoms with E-state index in [9.17, 15) is 4.79 Å². The Kier molecular flexibility index (Phi) is 4.41. The standard InChI is InChI=1S/C16H22N2O3/c1-2-17-15-13-4-3-12(9-14(13)18-16(15)19)21-10-11-5-7-20-8-6-11/h3-4,9,11,15,17H,2,5-8,10H2,1H3,(H,18,19). The van der Waals surface area contributed by atoms with Crippen LogP contribution in [-0.2, 0) is 9.53 Å². The maximum Gasteiger partial charge on any atom is 0.246 e. The van der Waals surface area contributed by atoms with Gasteiger partial charge in [0, 0.05) is 30.5 Å². The van der Waals surface area contributed by atoms with E-state index in [1.54, 1.807) is 0 Å². The summed E-state index contributed by atoms with van der Waals surface area (Å²) in [7, 11) is 0. The largest absolute Gasteiger partial charge is 0.493 e. The Morgan fingerprint density at radius 3 is 2.95 bits per heavy atom. The van der Waals surface area contributed by atoms with Crippen LogP contribution >= 0.6 is 0 Å². The number of rotatable bonds is 5. The van der Waals surface area contributed by atoms with Crippen LogP contribution in [0.5, 0.6) is 5.75 Å². The van der Waals surface area contributed by atoms with Crippen molar-refractivity contribution in [1.82, 2.24) is 5.32 Å². The first-order valence-corrected chi connectivity index (χ1v) is 7.66. The van der Waals surface area contributed by atoms with Crippen LogP contribution in [0.15, 0.2) is 18.2 Å². The first-order valence-electron chi connectivity index (χ1n) is 7.66. The Bertz CT molecular complexity index is 512. The molecule has 0 aromatic heterocycles. The number of ether oxygens (including phenoxy) is 2. The van der Waals surface area contributed by atoms with Crippen molar-refractivity contribution in [3.63, 3.8) is 0 Å². The zero-order valence-electron chi connectivity index (χ0n) is 12.4. The molecule has 0 bridgehead atoms. The fourth-order valence-corrected chi connectivity index (χ4v) is 2.87. The molecule has 3 rings (SSSR count). The van der Waals surface area contributed by atoms with Crippen molar-refractivity contribution in [3.05, 3.63) is 23.8 Å². The molecule has 1 aromatic carbocycles. The summed E-state index contributed by atoms with van der Waals surface area (Å²) in [5.74, 6) is 1.39. The van der Waals surface area contributed by atoms with Gasteiger partial charge in [0.05, 0.1) is 6.61 Å². The fraction of sp³-hybridized carbons (Fsp3) is 0.562. The number of hydrogen-bond donors (Lipinski definition) is 2. The summed E-state index contributed by atoms with van der Waals surface area (Å²) in [5, 5.41) is 6.10. The molecule has 5 heteroatoms. The average molecular weight is 290 g/mol. The third-order valence-corrected chi connectivity index (χ3v) is 4.09. The Labute approximate surface area is 125 Å². The monoisotopic (exact) mass is 290 g/mol. The van der Waals surface area contributed by atoms with Crippen LogP contribution in [-0.4, -0.2) is 32.3 Å². The van der Waals surface area contributed by atoms with E-state index in [-0.39, 0.29) is 11.9 Å². The molecule has 0 saturated carbocycles. The summed E-state index contributed by atoms with van der Waals surface area (Å²) in [4.78, 5) is 11.9. The molecular formula is C16H22N2O3. The summed E-state index contributed by atoms with van der Waals surface area (Å²) < 4.78 is 11.2. The summed E-state index contributed by atoms with van der Waals surface area (Å²) in [6.45, 7) is 5.14. The lowest BCUT2D eigenvalue weighted by Crippen LogP contribution is -2.27. The van der Waals surface area contributed by atoms with Crippen LogP contribution in [0.1, 0.15) is 31.4 Å². The number of carbonyl (C=O) groups excluding carboxylic acids is 1. The lowest BCUT2D eigenvalue weighted by Gasteiger charge is -2.22. The van der Waals surface area contributed by atoms with Crippen LogP contribution in [0.25, 0.3) is 0 Å². The van der Waals surface area contributed by atoms with Crippen LogP contribution in [0.3, 0.4) is 0 Å². The van der Waals surface area contributed by atoms with Crippen LogP contribution in [0, 0.1) is 5.92 Å². The molecule has 114 valence electrons. The maximum absolute atomic E-state index is 11.9.